The van der Waals surface area contributed by atoms with E-state index in [9.17, 15) is 4.79 Å². The number of amides is 2. The lowest BCUT2D eigenvalue weighted by atomic mass is 10.1. The second kappa shape index (κ2) is 7.07. The summed E-state index contributed by atoms with van der Waals surface area (Å²) in [6, 6.07) is 9.86. The number of rotatable bonds is 4. The van der Waals surface area contributed by atoms with Crippen molar-refractivity contribution in [2.75, 3.05) is 11.9 Å². The van der Waals surface area contributed by atoms with Crippen LogP contribution in [0.4, 0.5) is 10.5 Å². The highest BCUT2D eigenvalue weighted by atomic mass is 16.5. The molecule has 2 amide bonds. The molecule has 1 aromatic carbocycles. The second-order valence-electron chi connectivity index (χ2n) is 6.60. The Hall–Kier alpha value is -2.30. The van der Waals surface area contributed by atoms with E-state index in [0.29, 0.717) is 5.92 Å². The van der Waals surface area contributed by atoms with Gasteiger partial charge in [0.05, 0.1) is 6.04 Å². The molecule has 24 heavy (non-hydrogen) atoms. The molecule has 1 fully saturated rings. The molecule has 0 bridgehead atoms. The first-order valence-electron chi connectivity index (χ1n) is 8.72. The molecular formula is C19H25N3O2. The number of benzene rings is 1. The Kier molecular flexibility index (Phi) is 4.88. The Morgan fingerprint density at radius 1 is 1.42 bits per heavy atom. The fourth-order valence-electron chi connectivity index (χ4n) is 3.19. The normalized spacial score (nSPS) is 17.5. The number of likely N-dealkylation sites (tertiary alicyclic amines) is 1. The minimum Gasteiger partial charge on any atom is -0.361 e. The Bertz CT molecular complexity index is 708. The van der Waals surface area contributed by atoms with Crippen LogP contribution in [0, 0.1) is 0 Å². The maximum atomic E-state index is 12.8. The molecule has 2 heterocycles. The van der Waals surface area contributed by atoms with Crippen LogP contribution in [0.2, 0.25) is 0 Å². The van der Waals surface area contributed by atoms with Crippen LogP contribution in [-0.2, 0) is 6.42 Å². The molecule has 0 aliphatic carbocycles. The van der Waals surface area contributed by atoms with Crippen molar-refractivity contribution in [2.24, 2.45) is 0 Å². The molecule has 3 rings (SSSR count). The van der Waals surface area contributed by atoms with Crippen LogP contribution in [-0.4, -0.2) is 22.6 Å². The summed E-state index contributed by atoms with van der Waals surface area (Å²) in [5.74, 6) is 1.17. The van der Waals surface area contributed by atoms with Gasteiger partial charge in [-0.05, 0) is 30.9 Å². The minimum absolute atomic E-state index is 0.00459. The van der Waals surface area contributed by atoms with E-state index < -0.39 is 0 Å². The second-order valence-corrected chi connectivity index (χ2v) is 6.60. The van der Waals surface area contributed by atoms with Crippen LogP contribution in [0.25, 0.3) is 0 Å². The average molecular weight is 327 g/mol. The van der Waals surface area contributed by atoms with Crippen molar-refractivity contribution in [1.29, 1.82) is 0 Å². The fraction of sp³-hybridized carbons (Fsp3) is 0.474. The molecule has 2 aromatic rings. The van der Waals surface area contributed by atoms with E-state index in [1.165, 1.54) is 0 Å². The number of para-hydroxylation sites is 1. The summed E-state index contributed by atoms with van der Waals surface area (Å²) < 4.78 is 5.41. The maximum Gasteiger partial charge on any atom is 0.322 e. The molecule has 1 atom stereocenters. The molecular weight excluding hydrogens is 302 g/mol. The number of anilines is 1. The van der Waals surface area contributed by atoms with Crippen LogP contribution in [0.15, 0.2) is 34.9 Å². The third kappa shape index (κ3) is 3.30. The van der Waals surface area contributed by atoms with Crippen molar-refractivity contribution >= 4 is 11.7 Å². The smallest absolute Gasteiger partial charge is 0.322 e. The van der Waals surface area contributed by atoms with Gasteiger partial charge in [-0.2, -0.15) is 0 Å². The van der Waals surface area contributed by atoms with Crippen molar-refractivity contribution in [3.63, 3.8) is 0 Å². The molecule has 1 aromatic heterocycles. The van der Waals surface area contributed by atoms with Crippen molar-refractivity contribution in [2.45, 2.75) is 52.0 Å². The molecule has 0 radical (unpaired) electrons. The molecule has 0 saturated carbocycles. The molecule has 1 aliphatic rings. The summed E-state index contributed by atoms with van der Waals surface area (Å²) in [4.78, 5) is 14.6. The van der Waals surface area contributed by atoms with Gasteiger partial charge >= 0.3 is 6.03 Å². The maximum absolute atomic E-state index is 12.8. The van der Waals surface area contributed by atoms with Crippen molar-refractivity contribution in [1.82, 2.24) is 10.1 Å². The third-order valence-electron chi connectivity index (χ3n) is 4.61. The Balaban J connectivity index is 1.76. The van der Waals surface area contributed by atoms with Gasteiger partial charge in [0, 0.05) is 24.2 Å². The number of urea groups is 1. The Morgan fingerprint density at radius 3 is 2.92 bits per heavy atom. The topological polar surface area (TPSA) is 58.4 Å². The highest BCUT2D eigenvalue weighted by Crippen LogP contribution is 2.33. The van der Waals surface area contributed by atoms with Crippen LogP contribution in [0.3, 0.4) is 0 Å². The molecule has 1 saturated heterocycles. The molecule has 1 N–H and O–H groups in total. The van der Waals surface area contributed by atoms with Crippen LogP contribution < -0.4 is 5.32 Å². The van der Waals surface area contributed by atoms with E-state index in [1.54, 1.807) is 0 Å². The van der Waals surface area contributed by atoms with Crippen LogP contribution in [0.1, 0.15) is 62.6 Å². The van der Waals surface area contributed by atoms with E-state index in [1.807, 2.05) is 35.2 Å². The summed E-state index contributed by atoms with van der Waals surface area (Å²) in [5, 5.41) is 7.26. The van der Waals surface area contributed by atoms with E-state index in [2.05, 4.69) is 31.2 Å². The highest BCUT2D eigenvalue weighted by Gasteiger charge is 2.32. The monoisotopic (exact) mass is 327 g/mol. The SMILES string of the molecule is CCc1ccccc1NC(=O)N1CCC[C@@H]1c1cc(C(C)C)on1. The van der Waals surface area contributed by atoms with Crippen LogP contribution in [0.5, 0.6) is 0 Å². The molecule has 0 unspecified atom stereocenters. The van der Waals surface area contributed by atoms with Crippen molar-refractivity contribution < 1.29 is 9.32 Å². The predicted octanol–water partition coefficient (Wildman–Crippen LogP) is 4.73. The third-order valence-corrected chi connectivity index (χ3v) is 4.61. The van der Waals surface area contributed by atoms with Crippen molar-refractivity contribution in [3.05, 3.63) is 47.3 Å². The molecule has 5 heteroatoms. The minimum atomic E-state index is -0.0625. The summed E-state index contributed by atoms with van der Waals surface area (Å²) in [7, 11) is 0. The fourth-order valence-corrected chi connectivity index (χ4v) is 3.19. The number of aromatic nitrogens is 1. The zero-order chi connectivity index (χ0) is 17.1. The largest absolute Gasteiger partial charge is 0.361 e. The quantitative estimate of drug-likeness (QED) is 0.883. The number of carbonyl (C=O) groups excluding carboxylic acids is 1. The summed E-state index contributed by atoms with van der Waals surface area (Å²) >= 11 is 0. The van der Waals surface area contributed by atoms with Gasteiger partial charge in [-0.25, -0.2) is 4.79 Å². The molecule has 5 nitrogen and oxygen atoms in total. The summed E-state index contributed by atoms with van der Waals surface area (Å²) in [6.45, 7) is 6.98. The number of hydrogen-bond acceptors (Lipinski definition) is 3. The molecule has 1 aliphatic heterocycles. The standard InChI is InChI=1S/C19H25N3O2/c1-4-14-8-5-6-9-15(14)20-19(23)22-11-7-10-17(22)16-12-18(13(2)3)24-21-16/h5-6,8-9,12-13,17H,4,7,10-11H2,1-3H3,(H,20,23)/t17-/m1/s1. The zero-order valence-electron chi connectivity index (χ0n) is 14.6. The number of hydrogen-bond donors (Lipinski definition) is 1. The Labute approximate surface area is 143 Å². The van der Waals surface area contributed by atoms with Gasteiger partial charge in [0.2, 0.25) is 0 Å². The molecule has 128 valence electrons. The summed E-state index contributed by atoms with van der Waals surface area (Å²) in [6.07, 6.45) is 2.80. The first-order chi connectivity index (χ1) is 11.6. The predicted molar refractivity (Wildman–Crippen MR) is 94.1 cm³/mol. The Morgan fingerprint density at radius 2 is 2.21 bits per heavy atom. The van der Waals surface area contributed by atoms with E-state index in [4.69, 9.17) is 4.52 Å². The number of nitrogens with one attached hydrogen (secondary N) is 1. The lowest BCUT2D eigenvalue weighted by Gasteiger charge is -2.24. The van der Waals surface area contributed by atoms with Gasteiger partial charge in [-0.3, -0.25) is 0 Å². The first-order valence-corrected chi connectivity index (χ1v) is 8.72. The lowest BCUT2D eigenvalue weighted by Crippen LogP contribution is -2.34. The highest BCUT2D eigenvalue weighted by molar-refractivity contribution is 5.90. The van der Waals surface area contributed by atoms with Gasteiger partial charge in [-0.1, -0.05) is 44.1 Å². The molecule has 0 spiro atoms. The first kappa shape index (κ1) is 16.6. The van der Waals surface area contributed by atoms with E-state index in [0.717, 1.165) is 48.5 Å². The van der Waals surface area contributed by atoms with Gasteiger partial charge in [0.15, 0.2) is 0 Å². The van der Waals surface area contributed by atoms with Gasteiger partial charge < -0.3 is 14.7 Å². The van der Waals surface area contributed by atoms with Gasteiger partial charge in [-0.15, -0.1) is 0 Å². The number of aryl methyl sites for hydroxylation is 1. The number of nitrogens with zero attached hydrogens (tertiary/aromatic N) is 2. The van der Waals surface area contributed by atoms with Crippen molar-refractivity contribution in [3.8, 4) is 0 Å². The van der Waals surface area contributed by atoms with Gasteiger partial charge in [0.1, 0.15) is 11.5 Å². The van der Waals surface area contributed by atoms with Gasteiger partial charge in [0.25, 0.3) is 0 Å². The number of carbonyl (C=O) groups is 1. The lowest BCUT2D eigenvalue weighted by molar-refractivity contribution is 0.204. The van der Waals surface area contributed by atoms with E-state index in [-0.39, 0.29) is 12.1 Å². The van der Waals surface area contributed by atoms with E-state index >= 15 is 0 Å². The average Bonchev–Trinajstić information content (AvgIpc) is 3.24. The van der Waals surface area contributed by atoms with Crippen LogP contribution >= 0.6 is 0 Å². The zero-order valence-corrected chi connectivity index (χ0v) is 14.6. The summed E-state index contributed by atoms with van der Waals surface area (Å²) in [5.41, 5.74) is 2.89.